The number of nitrogens with two attached hydrogens (primary N) is 1. The molecule has 2 rings (SSSR count). The van der Waals surface area contributed by atoms with Gasteiger partial charge < -0.3 is 15.2 Å². The normalized spacial score (nSPS) is 10.4. The second-order valence-corrected chi connectivity index (χ2v) is 4.94. The van der Waals surface area contributed by atoms with E-state index in [1.807, 2.05) is 30.3 Å². The van der Waals surface area contributed by atoms with Crippen molar-refractivity contribution in [3.05, 3.63) is 64.2 Å². The maximum absolute atomic E-state index is 7.56. The Hall–Kier alpha value is -2.04. The van der Waals surface area contributed by atoms with E-state index in [0.29, 0.717) is 29.5 Å². The van der Waals surface area contributed by atoms with Crippen LogP contribution in [-0.2, 0) is 18.0 Å². The molecule has 0 saturated heterocycles. The number of amidine groups is 1. The zero-order valence-electron chi connectivity index (χ0n) is 11.7. The molecule has 2 aromatic rings. The predicted molar refractivity (Wildman–Crippen MR) is 84.0 cm³/mol. The number of nitrogens with one attached hydrogen (secondary N) is 1. The van der Waals surface area contributed by atoms with Gasteiger partial charge >= 0.3 is 0 Å². The van der Waals surface area contributed by atoms with Crippen molar-refractivity contribution in [1.82, 2.24) is 0 Å². The molecule has 3 N–H and O–H groups in total. The fraction of sp³-hybridized carbons (Fsp3) is 0.188. The van der Waals surface area contributed by atoms with Crippen molar-refractivity contribution in [1.29, 1.82) is 5.41 Å². The van der Waals surface area contributed by atoms with Gasteiger partial charge in [0.15, 0.2) is 0 Å². The van der Waals surface area contributed by atoms with E-state index in [4.69, 9.17) is 32.2 Å². The lowest BCUT2D eigenvalue weighted by Gasteiger charge is -2.10. The smallest absolute Gasteiger partial charge is 0.129 e. The molecule has 0 bridgehead atoms. The number of benzene rings is 2. The van der Waals surface area contributed by atoms with E-state index in [0.717, 1.165) is 11.1 Å². The fourth-order valence-electron chi connectivity index (χ4n) is 1.95. The quantitative estimate of drug-likeness (QED) is 0.635. The minimum absolute atomic E-state index is 0.0280. The summed E-state index contributed by atoms with van der Waals surface area (Å²) in [5, 5.41) is 8.25. The minimum atomic E-state index is -0.0280. The molecular weight excluding hydrogens is 288 g/mol. The Bertz CT molecular complexity index is 644. The Morgan fingerprint density at radius 2 is 1.95 bits per heavy atom. The van der Waals surface area contributed by atoms with Crippen LogP contribution in [0.25, 0.3) is 0 Å². The summed E-state index contributed by atoms with van der Waals surface area (Å²) in [4.78, 5) is 0. The van der Waals surface area contributed by atoms with Crippen molar-refractivity contribution in [2.45, 2.75) is 13.2 Å². The summed E-state index contributed by atoms with van der Waals surface area (Å²) in [6.45, 7) is 0.844. The van der Waals surface area contributed by atoms with Crippen molar-refractivity contribution in [2.75, 3.05) is 7.11 Å². The number of nitrogen functional groups attached to an aromatic ring is 1. The third-order valence-corrected chi connectivity index (χ3v) is 3.41. The molecule has 0 aliphatic carbocycles. The molecule has 0 aromatic heterocycles. The lowest BCUT2D eigenvalue weighted by Crippen LogP contribution is -2.13. The zero-order chi connectivity index (χ0) is 15.2. The van der Waals surface area contributed by atoms with Crippen molar-refractivity contribution in [2.24, 2.45) is 5.73 Å². The molecule has 0 aliphatic rings. The third-order valence-electron chi connectivity index (χ3n) is 3.04. The Morgan fingerprint density at radius 3 is 2.62 bits per heavy atom. The average molecular weight is 305 g/mol. The molecule has 110 valence electrons. The Kier molecular flexibility index (Phi) is 5.20. The molecule has 0 heterocycles. The fourth-order valence-corrected chi connectivity index (χ4v) is 2.14. The van der Waals surface area contributed by atoms with E-state index in [1.54, 1.807) is 19.2 Å². The summed E-state index contributed by atoms with van der Waals surface area (Å²) in [7, 11) is 1.55. The summed E-state index contributed by atoms with van der Waals surface area (Å²) >= 11 is 6.07. The molecule has 0 aliphatic heterocycles. The summed E-state index contributed by atoms with van der Waals surface area (Å²) < 4.78 is 10.8. The number of methoxy groups -OCH3 is 1. The van der Waals surface area contributed by atoms with Gasteiger partial charge in [-0.1, -0.05) is 35.9 Å². The van der Waals surface area contributed by atoms with Crippen LogP contribution in [0.15, 0.2) is 42.5 Å². The number of rotatable bonds is 6. The topological polar surface area (TPSA) is 68.3 Å². The molecule has 0 atom stereocenters. The minimum Gasteiger partial charge on any atom is -0.496 e. The molecule has 5 heteroatoms. The van der Waals surface area contributed by atoms with Gasteiger partial charge in [-0.05, 0) is 29.3 Å². The molecule has 0 amide bonds. The molecule has 0 unspecified atom stereocenters. The summed E-state index contributed by atoms with van der Waals surface area (Å²) in [5.41, 5.74) is 7.98. The summed E-state index contributed by atoms with van der Waals surface area (Å²) in [6, 6.07) is 13.0. The van der Waals surface area contributed by atoms with Crippen molar-refractivity contribution in [3.63, 3.8) is 0 Å². The maximum atomic E-state index is 7.56. The summed E-state index contributed by atoms with van der Waals surface area (Å²) in [6.07, 6.45) is 0. The number of hydrogen-bond donors (Lipinski definition) is 2. The molecule has 4 nitrogen and oxygen atoms in total. The van der Waals surface area contributed by atoms with Crippen molar-refractivity contribution in [3.8, 4) is 5.75 Å². The highest BCUT2D eigenvalue weighted by molar-refractivity contribution is 6.31. The Balaban J connectivity index is 2.02. The van der Waals surface area contributed by atoms with Gasteiger partial charge in [-0.3, -0.25) is 5.41 Å². The third kappa shape index (κ3) is 3.97. The van der Waals surface area contributed by atoms with E-state index >= 15 is 0 Å². The number of halogens is 1. The van der Waals surface area contributed by atoms with Crippen LogP contribution < -0.4 is 10.5 Å². The van der Waals surface area contributed by atoms with Gasteiger partial charge in [0, 0.05) is 5.02 Å². The van der Waals surface area contributed by atoms with Crippen LogP contribution in [0.1, 0.15) is 16.7 Å². The second kappa shape index (κ2) is 7.11. The lowest BCUT2D eigenvalue weighted by atomic mass is 10.1. The highest BCUT2D eigenvalue weighted by Crippen LogP contribution is 2.21. The monoisotopic (exact) mass is 304 g/mol. The van der Waals surface area contributed by atoms with Gasteiger partial charge in [0.1, 0.15) is 11.6 Å². The first-order valence-electron chi connectivity index (χ1n) is 6.44. The van der Waals surface area contributed by atoms with Crippen LogP contribution >= 0.6 is 11.6 Å². The van der Waals surface area contributed by atoms with Gasteiger partial charge in [-0.2, -0.15) is 0 Å². The Labute approximate surface area is 129 Å². The molecule has 0 spiro atoms. The number of hydrogen-bond acceptors (Lipinski definition) is 3. The van der Waals surface area contributed by atoms with Crippen LogP contribution in [0.4, 0.5) is 0 Å². The van der Waals surface area contributed by atoms with Crippen LogP contribution in [0.5, 0.6) is 5.75 Å². The average Bonchev–Trinajstić information content (AvgIpc) is 2.49. The first-order valence-corrected chi connectivity index (χ1v) is 6.82. The van der Waals surface area contributed by atoms with Crippen molar-refractivity contribution < 1.29 is 9.47 Å². The predicted octanol–water partition coefficient (Wildman–Crippen LogP) is 3.35. The van der Waals surface area contributed by atoms with Gasteiger partial charge in [0.25, 0.3) is 0 Å². The molecule has 0 fully saturated rings. The maximum Gasteiger partial charge on any atom is 0.129 e. The second-order valence-electron chi connectivity index (χ2n) is 4.53. The van der Waals surface area contributed by atoms with Crippen molar-refractivity contribution >= 4 is 17.4 Å². The van der Waals surface area contributed by atoms with E-state index in [-0.39, 0.29) is 5.84 Å². The van der Waals surface area contributed by atoms with Gasteiger partial charge in [-0.15, -0.1) is 0 Å². The molecule has 0 saturated carbocycles. The largest absolute Gasteiger partial charge is 0.496 e. The highest BCUT2D eigenvalue weighted by atomic mass is 35.5. The van der Waals surface area contributed by atoms with E-state index < -0.39 is 0 Å². The number of ether oxygens (including phenoxy) is 2. The molecule has 0 radical (unpaired) electrons. The van der Waals surface area contributed by atoms with Crippen LogP contribution in [0.3, 0.4) is 0 Å². The highest BCUT2D eigenvalue weighted by Gasteiger charge is 2.07. The van der Waals surface area contributed by atoms with E-state index in [2.05, 4.69) is 0 Å². The lowest BCUT2D eigenvalue weighted by molar-refractivity contribution is 0.107. The standard InChI is InChI=1S/C16H17ClN2O2/c1-20-15-7-6-11(8-13(15)16(18)19)9-21-10-12-4-2-3-5-14(12)17/h2-8H,9-10H2,1H3,(H3,18,19). The van der Waals surface area contributed by atoms with Crippen LogP contribution in [0.2, 0.25) is 5.02 Å². The molecule has 2 aromatic carbocycles. The van der Waals surface area contributed by atoms with E-state index in [9.17, 15) is 0 Å². The molecule has 21 heavy (non-hydrogen) atoms. The van der Waals surface area contributed by atoms with Gasteiger partial charge in [0.2, 0.25) is 0 Å². The van der Waals surface area contributed by atoms with E-state index in [1.165, 1.54) is 0 Å². The van der Waals surface area contributed by atoms with Gasteiger partial charge in [0.05, 0.1) is 25.9 Å². The Morgan fingerprint density at radius 1 is 1.19 bits per heavy atom. The zero-order valence-corrected chi connectivity index (χ0v) is 12.5. The van der Waals surface area contributed by atoms with Crippen LogP contribution in [0, 0.1) is 5.41 Å². The summed E-state index contributed by atoms with van der Waals surface area (Å²) in [5.74, 6) is 0.553. The van der Waals surface area contributed by atoms with Gasteiger partial charge in [-0.25, -0.2) is 0 Å². The van der Waals surface area contributed by atoms with Crippen LogP contribution in [-0.4, -0.2) is 12.9 Å². The first-order chi connectivity index (χ1) is 10.1. The first kappa shape index (κ1) is 15.4. The SMILES string of the molecule is COc1ccc(COCc2ccccc2Cl)cc1C(=N)N. The molecular formula is C16H17ClN2O2.